The molecule has 0 aliphatic heterocycles. The van der Waals surface area contributed by atoms with Gasteiger partial charge in [-0.15, -0.1) is 0 Å². The molecule has 0 bridgehead atoms. The van der Waals surface area contributed by atoms with E-state index in [9.17, 15) is 18.3 Å². The molecule has 0 aliphatic carbocycles. The van der Waals surface area contributed by atoms with E-state index in [0.29, 0.717) is 0 Å². The highest BCUT2D eigenvalue weighted by Gasteiger charge is 2.16. The molecule has 0 spiro atoms. The van der Waals surface area contributed by atoms with Gasteiger partial charge in [0.25, 0.3) is 10.0 Å². The van der Waals surface area contributed by atoms with E-state index in [1.165, 1.54) is 32.0 Å². The van der Waals surface area contributed by atoms with Gasteiger partial charge in [-0.05, 0) is 44.4 Å². The van der Waals surface area contributed by atoms with E-state index in [-0.39, 0.29) is 27.7 Å². The van der Waals surface area contributed by atoms with Gasteiger partial charge in [-0.1, -0.05) is 25.5 Å². The highest BCUT2D eigenvalue weighted by Crippen LogP contribution is 2.16. The Balaban J connectivity index is 2.21. The van der Waals surface area contributed by atoms with E-state index in [2.05, 4.69) is 16.9 Å². The summed E-state index contributed by atoms with van der Waals surface area (Å²) in [6, 6.07) is 7.81. The Morgan fingerprint density at radius 3 is 2.50 bits per heavy atom. The van der Waals surface area contributed by atoms with Crippen molar-refractivity contribution in [2.24, 2.45) is 5.10 Å². The summed E-state index contributed by atoms with van der Waals surface area (Å²) in [6.45, 7) is 5.01. The Morgan fingerprint density at radius 2 is 1.92 bits per heavy atom. The number of hydrazone groups is 1. The first kappa shape index (κ1) is 19.7. The predicted octanol–water partition coefficient (Wildman–Crippen LogP) is 2.70. The van der Waals surface area contributed by atoms with Crippen LogP contribution in [0.5, 0.6) is 5.75 Å². The molecule has 7 nitrogen and oxygen atoms in total. The standard InChI is InChI=1S/C18H22N2O5S/c1-4-5-6-14-7-9-15(10-8-14)26(23,24)20-19-13(3)17-16(21)11-12(2)25-18(17)22/h7-11,20-21H,4-6H2,1-3H3/b19-13+. The zero-order chi connectivity index (χ0) is 19.3. The van der Waals surface area contributed by atoms with Crippen LogP contribution in [0.25, 0.3) is 0 Å². The highest BCUT2D eigenvalue weighted by molar-refractivity contribution is 7.89. The van der Waals surface area contributed by atoms with E-state index in [1.807, 2.05) is 0 Å². The maximum Gasteiger partial charge on any atom is 0.348 e. The van der Waals surface area contributed by atoms with Crippen LogP contribution in [0.2, 0.25) is 0 Å². The number of hydrogen-bond acceptors (Lipinski definition) is 6. The fraction of sp³-hybridized carbons (Fsp3) is 0.333. The number of nitrogens with one attached hydrogen (secondary N) is 1. The molecule has 1 aromatic carbocycles. The molecule has 0 unspecified atom stereocenters. The summed E-state index contributed by atoms with van der Waals surface area (Å²) in [7, 11) is -3.89. The molecule has 8 heteroatoms. The van der Waals surface area contributed by atoms with E-state index in [4.69, 9.17) is 4.42 Å². The van der Waals surface area contributed by atoms with Crippen LogP contribution >= 0.6 is 0 Å². The summed E-state index contributed by atoms with van der Waals surface area (Å²) in [4.78, 5) is 14.0. The number of aromatic hydroxyl groups is 1. The summed E-state index contributed by atoms with van der Waals surface area (Å²) >= 11 is 0. The van der Waals surface area contributed by atoms with Crippen molar-refractivity contribution in [2.75, 3.05) is 0 Å². The number of nitrogens with zero attached hydrogens (tertiary/aromatic N) is 1. The minimum atomic E-state index is -3.89. The second kappa shape index (κ2) is 8.18. The van der Waals surface area contributed by atoms with Crippen LogP contribution in [0.3, 0.4) is 0 Å². The zero-order valence-corrected chi connectivity index (χ0v) is 15.8. The maximum atomic E-state index is 12.3. The predicted molar refractivity (Wildman–Crippen MR) is 99.0 cm³/mol. The average Bonchev–Trinajstić information content (AvgIpc) is 2.57. The quantitative estimate of drug-likeness (QED) is 0.569. The lowest BCUT2D eigenvalue weighted by atomic mass is 10.1. The lowest BCUT2D eigenvalue weighted by Gasteiger charge is -2.07. The van der Waals surface area contributed by atoms with Crippen molar-refractivity contribution in [3.05, 3.63) is 57.6 Å². The van der Waals surface area contributed by atoms with Gasteiger partial charge in [-0.3, -0.25) is 0 Å². The molecule has 2 N–H and O–H groups in total. The van der Waals surface area contributed by atoms with Crippen molar-refractivity contribution in [3.8, 4) is 5.75 Å². The van der Waals surface area contributed by atoms with Gasteiger partial charge < -0.3 is 9.52 Å². The monoisotopic (exact) mass is 378 g/mol. The van der Waals surface area contributed by atoms with Gasteiger partial charge in [0.2, 0.25) is 0 Å². The molecule has 2 aromatic rings. The summed E-state index contributed by atoms with van der Waals surface area (Å²) in [6.07, 6.45) is 3.00. The Kier molecular flexibility index (Phi) is 6.20. The number of rotatable bonds is 7. The number of sulfonamides is 1. The maximum absolute atomic E-state index is 12.3. The number of unbranched alkanes of at least 4 members (excludes halogenated alkanes) is 1. The summed E-state index contributed by atoms with van der Waals surface area (Å²) < 4.78 is 29.6. The fourth-order valence-electron chi connectivity index (χ4n) is 2.38. The second-order valence-electron chi connectivity index (χ2n) is 5.94. The molecule has 0 saturated heterocycles. The molecule has 2 rings (SSSR count). The first-order valence-electron chi connectivity index (χ1n) is 8.23. The van der Waals surface area contributed by atoms with Crippen molar-refractivity contribution >= 4 is 15.7 Å². The van der Waals surface area contributed by atoms with E-state index < -0.39 is 15.6 Å². The molecule has 1 aromatic heterocycles. The first-order valence-corrected chi connectivity index (χ1v) is 9.72. The largest absolute Gasteiger partial charge is 0.507 e. The average molecular weight is 378 g/mol. The van der Waals surface area contributed by atoms with Crippen LogP contribution in [-0.2, 0) is 16.4 Å². The molecule has 1 heterocycles. The lowest BCUT2D eigenvalue weighted by molar-refractivity contribution is 0.432. The SMILES string of the molecule is CCCCc1ccc(S(=O)(=O)N/N=C(\C)c2c(O)cc(C)oc2=O)cc1. The van der Waals surface area contributed by atoms with Crippen LogP contribution in [0.15, 0.2) is 49.5 Å². The molecular weight excluding hydrogens is 356 g/mol. The molecule has 26 heavy (non-hydrogen) atoms. The molecule has 0 fully saturated rings. The van der Waals surface area contributed by atoms with E-state index in [1.54, 1.807) is 12.1 Å². The van der Waals surface area contributed by atoms with E-state index >= 15 is 0 Å². The van der Waals surface area contributed by atoms with Gasteiger partial charge in [-0.2, -0.15) is 18.4 Å². The Bertz CT molecular complexity index is 960. The van der Waals surface area contributed by atoms with Gasteiger partial charge in [-0.25, -0.2) is 4.79 Å². The van der Waals surface area contributed by atoms with Gasteiger partial charge in [0.05, 0.1) is 10.6 Å². The molecule has 0 aliphatic rings. The van der Waals surface area contributed by atoms with Gasteiger partial charge in [0.15, 0.2) is 0 Å². The molecule has 0 radical (unpaired) electrons. The molecular formula is C18H22N2O5S. The summed E-state index contributed by atoms with van der Waals surface area (Å²) in [5, 5.41) is 13.6. The molecule has 0 amide bonds. The second-order valence-corrected chi connectivity index (χ2v) is 7.61. The minimum Gasteiger partial charge on any atom is -0.507 e. The number of hydrogen-bond donors (Lipinski definition) is 2. The molecule has 140 valence electrons. The third-order valence-electron chi connectivity index (χ3n) is 3.80. The van der Waals surface area contributed by atoms with Crippen LogP contribution in [-0.4, -0.2) is 19.2 Å². The molecule has 0 saturated carbocycles. The minimum absolute atomic E-state index is 0.000564. The van der Waals surface area contributed by atoms with Crippen molar-refractivity contribution in [1.29, 1.82) is 0 Å². The smallest absolute Gasteiger partial charge is 0.348 e. The normalized spacial score (nSPS) is 12.2. The summed E-state index contributed by atoms with van der Waals surface area (Å²) in [5.74, 6) is -0.0766. The fourth-order valence-corrected chi connectivity index (χ4v) is 3.24. The number of aryl methyl sites for hydroxylation is 2. The third kappa shape index (κ3) is 4.72. The first-order chi connectivity index (χ1) is 12.2. The number of benzene rings is 1. The Hall–Kier alpha value is -2.61. The summed E-state index contributed by atoms with van der Waals surface area (Å²) in [5.41, 5.74) is 0.0866. The van der Waals surface area contributed by atoms with Crippen molar-refractivity contribution < 1.29 is 17.9 Å². The van der Waals surface area contributed by atoms with Crippen molar-refractivity contribution in [1.82, 2.24) is 4.83 Å². The Morgan fingerprint density at radius 1 is 1.27 bits per heavy atom. The van der Waals surface area contributed by atoms with Crippen LogP contribution in [0, 0.1) is 6.92 Å². The van der Waals surface area contributed by atoms with Crippen molar-refractivity contribution in [3.63, 3.8) is 0 Å². The Labute approximate surface area is 152 Å². The lowest BCUT2D eigenvalue weighted by Crippen LogP contribution is -2.22. The highest BCUT2D eigenvalue weighted by atomic mass is 32.2. The van der Waals surface area contributed by atoms with Gasteiger partial charge in [0, 0.05) is 6.07 Å². The topological polar surface area (TPSA) is 109 Å². The zero-order valence-electron chi connectivity index (χ0n) is 14.9. The molecule has 0 atom stereocenters. The van der Waals surface area contributed by atoms with Gasteiger partial charge in [0.1, 0.15) is 17.1 Å². The van der Waals surface area contributed by atoms with Crippen LogP contribution in [0.1, 0.15) is 43.6 Å². The van der Waals surface area contributed by atoms with Crippen LogP contribution < -0.4 is 10.5 Å². The third-order valence-corrected chi connectivity index (χ3v) is 5.03. The van der Waals surface area contributed by atoms with Gasteiger partial charge >= 0.3 is 5.63 Å². The van der Waals surface area contributed by atoms with Crippen LogP contribution in [0.4, 0.5) is 0 Å². The van der Waals surface area contributed by atoms with Crippen molar-refractivity contribution in [2.45, 2.75) is 44.9 Å². The van der Waals surface area contributed by atoms with E-state index in [0.717, 1.165) is 24.8 Å².